The van der Waals surface area contributed by atoms with E-state index in [9.17, 15) is 13.2 Å². The molecule has 0 saturated carbocycles. The Balaban J connectivity index is 2.45. The van der Waals surface area contributed by atoms with Gasteiger partial charge in [-0.15, -0.1) is 0 Å². The maximum atomic E-state index is 12.3. The first-order valence-corrected chi connectivity index (χ1v) is 14.8. The normalized spacial score (nSPS) is 18.4. The highest BCUT2D eigenvalue weighted by molar-refractivity contribution is 7.88. The fourth-order valence-electron chi connectivity index (χ4n) is 4.28. The van der Waals surface area contributed by atoms with Crippen LogP contribution < -0.4 is 0 Å². The fourth-order valence-corrected chi connectivity index (χ4v) is 5.21. The molecule has 2 atom stereocenters. The smallest absolute Gasteiger partial charge is 0.311 e. The maximum Gasteiger partial charge on any atom is 0.311 e. The highest BCUT2D eigenvalue weighted by Gasteiger charge is 2.28. The third-order valence-corrected chi connectivity index (χ3v) is 7.76. The molecule has 1 fully saturated rings. The molecular formula is C25H49NO6S. The van der Waals surface area contributed by atoms with E-state index in [-0.39, 0.29) is 18.4 Å². The number of carbonyl (C=O) groups is 1. The van der Waals surface area contributed by atoms with Crippen molar-refractivity contribution in [1.29, 1.82) is 0 Å². The maximum absolute atomic E-state index is 12.3. The van der Waals surface area contributed by atoms with Crippen molar-refractivity contribution in [3.05, 3.63) is 0 Å². The van der Waals surface area contributed by atoms with Crippen LogP contribution in [-0.4, -0.2) is 64.1 Å². The summed E-state index contributed by atoms with van der Waals surface area (Å²) >= 11 is 0. The molecule has 0 aromatic heterocycles. The topological polar surface area (TPSA) is 82.1 Å². The van der Waals surface area contributed by atoms with Crippen LogP contribution in [0, 0.1) is 5.41 Å². The Morgan fingerprint density at radius 2 is 1.76 bits per heavy atom. The lowest BCUT2D eigenvalue weighted by Crippen LogP contribution is -2.33. The molecule has 1 heterocycles. The second-order valence-electron chi connectivity index (χ2n) is 10.0. The molecular weight excluding hydrogens is 442 g/mol. The molecule has 0 bridgehead atoms. The van der Waals surface area contributed by atoms with Gasteiger partial charge < -0.3 is 14.2 Å². The molecule has 0 aliphatic carbocycles. The van der Waals surface area contributed by atoms with Crippen molar-refractivity contribution in [3.8, 4) is 0 Å². The van der Waals surface area contributed by atoms with E-state index in [2.05, 4.69) is 6.92 Å². The van der Waals surface area contributed by atoms with Crippen molar-refractivity contribution in [1.82, 2.24) is 4.31 Å². The Morgan fingerprint density at radius 1 is 1.06 bits per heavy atom. The molecule has 196 valence electrons. The van der Waals surface area contributed by atoms with Gasteiger partial charge in [-0.3, -0.25) is 4.79 Å². The summed E-state index contributed by atoms with van der Waals surface area (Å²) < 4.78 is 43.1. The molecule has 0 spiro atoms. The fraction of sp³-hybridized carbons (Fsp3) is 0.960. The molecule has 8 heteroatoms. The average Bonchev–Trinajstić information content (AvgIpc) is 2.76. The van der Waals surface area contributed by atoms with Gasteiger partial charge in [0.15, 0.2) is 6.29 Å². The minimum atomic E-state index is -3.25. The predicted molar refractivity (Wildman–Crippen MR) is 133 cm³/mol. The van der Waals surface area contributed by atoms with E-state index in [0.717, 1.165) is 77.2 Å². The van der Waals surface area contributed by atoms with Gasteiger partial charge in [0.05, 0.1) is 24.9 Å². The number of hydrogen-bond donors (Lipinski definition) is 0. The van der Waals surface area contributed by atoms with E-state index in [1.165, 1.54) is 26.2 Å². The standard InChI is InChI=1S/C25H49NO6S/c1-6-7-9-15-22(32-23-17-10-13-21-31-23)16-14-20-26(33(5,28)29)19-12-8-11-18-25(2,3)24(27)30-4/h22-23H,6-21H2,1-5H3. The quantitative estimate of drug-likeness (QED) is 0.192. The van der Waals surface area contributed by atoms with Gasteiger partial charge in [-0.2, -0.15) is 0 Å². The molecule has 1 saturated heterocycles. The molecule has 2 unspecified atom stereocenters. The van der Waals surface area contributed by atoms with E-state index >= 15 is 0 Å². The first-order valence-electron chi connectivity index (χ1n) is 12.9. The van der Waals surface area contributed by atoms with Crippen LogP contribution in [0.15, 0.2) is 0 Å². The molecule has 1 rings (SSSR count). The van der Waals surface area contributed by atoms with Gasteiger partial charge in [0.25, 0.3) is 0 Å². The Labute approximate surface area is 203 Å². The van der Waals surface area contributed by atoms with Crippen LogP contribution in [0.5, 0.6) is 0 Å². The zero-order chi connectivity index (χ0) is 24.7. The molecule has 0 radical (unpaired) electrons. The molecule has 0 aromatic carbocycles. The first-order chi connectivity index (χ1) is 15.6. The van der Waals surface area contributed by atoms with Gasteiger partial charge >= 0.3 is 5.97 Å². The van der Waals surface area contributed by atoms with E-state index in [4.69, 9.17) is 14.2 Å². The molecule has 7 nitrogen and oxygen atoms in total. The second kappa shape index (κ2) is 16.1. The second-order valence-corrected chi connectivity index (χ2v) is 12.0. The van der Waals surface area contributed by atoms with Gasteiger partial charge in [0.1, 0.15) is 0 Å². The summed E-state index contributed by atoms with van der Waals surface area (Å²) in [6, 6.07) is 0. The Bertz CT molecular complexity index is 631. The van der Waals surface area contributed by atoms with Crippen LogP contribution in [0.2, 0.25) is 0 Å². The summed E-state index contributed by atoms with van der Waals surface area (Å²) in [5.41, 5.74) is -0.500. The molecule has 0 amide bonds. The number of rotatable bonds is 18. The SMILES string of the molecule is CCCCCC(CCCN(CCCCCC(C)(C)C(=O)OC)S(C)(=O)=O)OC1CCCCO1. The number of nitrogens with zero attached hydrogens (tertiary/aromatic N) is 1. The number of carbonyl (C=O) groups excluding carboxylic acids is 1. The van der Waals surface area contributed by atoms with Crippen molar-refractivity contribution >= 4 is 16.0 Å². The average molecular weight is 492 g/mol. The summed E-state index contributed by atoms with van der Waals surface area (Å²) in [6.45, 7) is 7.78. The van der Waals surface area contributed by atoms with Crippen LogP contribution in [0.25, 0.3) is 0 Å². The third-order valence-electron chi connectivity index (χ3n) is 6.46. The van der Waals surface area contributed by atoms with Crippen molar-refractivity contribution in [2.45, 2.75) is 117 Å². The Morgan fingerprint density at radius 3 is 2.36 bits per heavy atom. The Hall–Kier alpha value is -0.700. The van der Waals surface area contributed by atoms with Crippen LogP contribution in [-0.2, 0) is 29.0 Å². The highest BCUT2D eigenvalue weighted by atomic mass is 32.2. The number of unbranched alkanes of at least 4 members (excludes halogenated alkanes) is 4. The number of hydrogen-bond acceptors (Lipinski definition) is 6. The van der Waals surface area contributed by atoms with Gasteiger partial charge in [0.2, 0.25) is 10.0 Å². The van der Waals surface area contributed by atoms with Crippen molar-refractivity contribution in [2.24, 2.45) is 5.41 Å². The van der Waals surface area contributed by atoms with Crippen LogP contribution >= 0.6 is 0 Å². The molecule has 1 aliphatic heterocycles. The third kappa shape index (κ3) is 13.1. The van der Waals surface area contributed by atoms with Crippen LogP contribution in [0.4, 0.5) is 0 Å². The Kier molecular flexibility index (Phi) is 14.8. The lowest BCUT2D eigenvalue weighted by Gasteiger charge is -2.28. The van der Waals surface area contributed by atoms with E-state index in [1.54, 1.807) is 4.31 Å². The van der Waals surface area contributed by atoms with Crippen molar-refractivity contribution in [3.63, 3.8) is 0 Å². The van der Waals surface area contributed by atoms with Crippen molar-refractivity contribution in [2.75, 3.05) is 33.1 Å². The molecule has 0 aromatic rings. The van der Waals surface area contributed by atoms with E-state index in [1.807, 2.05) is 13.8 Å². The minimum Gasteiger partial charge on any atom is -0.469 e. The first kappa shape index (κ1) is 30.3. The molecule has 1 aliphatic rings. The zero-order valence-corrected chi connectivity index (χ0v) is 22.6. The minimum absolute atomic E-state index is 0.106. The van der Waals surface area contributed by atoms with Gasteiger partial charge in [-0.05, 0) is 65.2 Å². The van der Waals surface area contributed by atoms with Crippen LogP contribution in [0.3, 0.4) is 0 Å². The lowest BCUT2D eigenvalue weighted by molar-refractivity contribution is -0.190. The number of methoxy groups -OCH3 is 1. The van der Waals surface area contributed by atoms with Crippen molar-refractivity contribution < 1.29 is 27.4 Å². The number of ether oxygens (including phenoxy) is 3. The summed E-state index contributed by atoms with van der Waals surface area (Å²) in [7, 11) is -1.84. The summed E-state index contributed by atoms with van der Waals surface area (Å²) in [5.74, 6) is -0.199. The monoisotopic (exact) mass is 491 g/mol. The highest BCUT2D eigenvalue weighted by Crippen LogP contribution is 2.25. The van der Waals surface area contributed by atoms with E-state index in [0.29, 0.717) is 13.1 Å². The largest absolute Gasteiger partial charge is 0.469 e. The summed E-state index contributed by atoms with van der Waals surface area (Å²) in [4.78, 5) is 11.8. The van der Waals surface area contributed by atoms with Gasteiger partial charge in [-0.1, -0.05) is 39.0 Å². The summed E-state index contributed by atoms with van der Waals surface area (Å²) in [5, 5.41) is 0. The zero-order valence-electron chi connectivity index (χ0n) is 21.8. The van der Waals surface area contributed by atoms with E-state index < -0.39 is 15.4 Å². The van der Waals surface area contributed by atoms with Gasteiger partial charge in [0, 0.05) is 19.7 Å². The summed E-state index contributed by atoms with van der Waals surface area (Å²) in [6.07, 6.45) is 13.9. The molecule has 0 N–H and O–H groups in total. The molecule has 33 heavy (non-hydrogen) atoms. The number of sulfonamides is 1. The van der Waals surface area contributed by atoms with Gasteiger partial charge in [-0.25, -0.2) is 12.7 Å². The van der Waals surface area contributed by atoms with Crippen LogP contribution in [0.1, 0.15) is 104 Å². The lowest BCUT2D eigenvalue weighted by atomic mass is 9.87. The predicted octanol–water partition coefficient (Wildman–Crippen LogP) is 5.28. The number of esters is 1.